The van der Waals surface area contributed by atoms with E-state index in [1.54, 1.807) is 6.07 Å². The molecule has 8 heteroatoms. The van der Waals surface area contributed by atoms with Crippen LogP contribution in [0.5, 0.6) is 0 Å². The third kappa shape index (κ3) is 4.10. The molecule has 2 aromatic rings. The van der Waals surface area contributed by atoms with Crippen LogP contribution in [-0.2, 0) is 0 Å². The Morgan fingerprint density at radius 2 is 1.44 bits per heavy atom. The first kappa shape index (κ1) is 17.9. The zero-order valence-electron chi connectivity index (χ0n) is 16.0. The molecule has 0 aliphatic carbocycles. The summed E-state index contributed by atoms with van der Waals surface area (Å²) in [5.41, 5.74) is 0.997. The summed E-state index contributed by atoms with van der Waals surface area (Å²) in [6, 6.07) is 5.27. The van der Waals surface area contributed by atoms with Crippen molar-refractivity contribution in [3.05, 3.63) is 35.9 Å². The van der Waals surface area contributed by atoms with Crippen LogP contribution < -0.4 is 14.7 Å². The van der Waals surface area contributed by atoms with Gasteiger partial charge in [-0.2, -0.15) is 4.98 Å². The Morgan fingerprint density at radius 3 is 2.11 bits per heavy atom. The molecule has 7 nitrogen and oxygen atoms in total. The lowest BCUT2D eigenvalue weighted by Crippen LogP contribution is -2.48. The first-order chi connectivity index (χ1) is 13.1. The van der Waals surface area contributed by atoms with E-state index in [0.29, 0.717) is 0 Å². The minimum Gasteiger partial charge on any atom is -0.354 e. The fourth-order valence-corrected chi connectivity index (χ4v) is 3.57. The van der Waals surface area contributed by atoms with Crippen LogP contribution in [0.4, 0.5) is 22.0 Å². The summed E-state index contributed by atoms with van der Waals surface area (Å²) in [5.74, 6) is 2.34. The number of likely N-dealkylation sites (N-methyl/N-ethyl adjacent to an activating group) is 1. The van der Waals surface area contributed by atoms with E-state index < -0.39 is 0 Å². The zero-order valence-corrected chi connectivity index (χ0v) is 16.0. The minimum atomic E-state index is -0.304. The van der Waals surface area contributed by atoms with E-state index in [1.807, 2.05) is 6.92 Å². The predicted molar refractivity (Wildman–Crippen MR) is 105 cm³/mol. The second-order valence-electron chi connectivity index (χ2n) is 7.27. The summed E-state index contributed by atoms with van der Waals surface area (Å²) in [4.78, 5) is 22.8. The largest absolute Gasteiger partial charge is 0.354 e. The smallest absolute Gasteiger partial charge is 0.227 e. The van der Waals surface area contributed by atoms with Gasteiger partial charge in [0.1, 0.15) is 17.5 Å². The van der Waals surface area contributed by atoms with Crippen molar-refractivity contribution < 1.29 is 4.39 Å². The van der Waals surface area contributed by atoms with E-state index in [2.05, 4.69) is 42.7 Å². The van der Waals surface area contributed by atoms with Gasteiger partial charge in [0.15, 0.2) is 0 Å². The van der Waals surface area contributed by atoms with Crippen molar-refractivity contribution in [2.75, 3.05) is 74.1 Å². The van der Waals surface area contributed by atoms with Gasteiger partial charge in [-0.25, -0.2) is 14.4 Å². The normalized spacial score (nSPS) is 18.9. The maximum atomic E-state index is 13.1. The molecule has 0 bridgehead atoms. The van der Waals surface area contributed by atoms with Crippen molar-refractivity contribution >= 4 is 17.6 Å². The molecule has 144 valence electrons. The molecule has 0 amide bonds. The maximum Gasteiger partial charge on any atom is 0.227 e. The van der Waals surface area contributed by atoms with Crippen LogP contribution in [0.25, 0.3) is 0 Å². The van der Waals surface area contributed by atoms with E-state index in [1.165, 1.54) is 12.3 Å². The van der Waals surface area contributed by atoms with Gasteiger partial charge in [0.05, 0.1) is 6.20 Å². The molecule has 0 radical (unpaired) electrons. The highest BCUT2D eigenvalue weighted by Gasteiger charge is 2.22. The van der Waals surface area contributed by atoms with Crippen molar-refractivity contribution in [3.8, 4) is 0 Å². The molecular formula is C19H26FN7. The fourth-order valence-electron chi connectivity index (χ4n) is 3.57. The number of aromatic nitrogens is 3. The van der Waals surface area contributed by atoms with Crippen LogP contribution in [0.15, 0.2) is 24.4 Å². The number of pyridine rings is 1. The Bertz CT molecular complexity index is 766. The Hall–Kier alpha value is -2.48. The molecule has 2 aliphatic rings. The van der Waals surface area contributed by atoms with Crippen LogP contribution in [-0.4, -0.2) is 79.3 Å². The highest BCUT2D eigenvalue weighted by molar-refractivity contribution is 5.48. The second-order valence-corrected chi connectivity index (χ2v) is 7.27. The molecule has 2 aliphatic heterocycles. The maximum absolute atomic E-state index is 13.1. The molecule has 27 heavy (non-hydrogen) atoms. The molecule has 0 atom stereocenters. The summed E-state index contributed by atoms with van der Waals surface area (Å²) in [7, 11) is 2.16. The standard InChI is InChI=1S/C19H26FN7/c1-15-13-18(26-7-5-24(2)6-8-26)23-19(22-15)27-11-9-25(10-12-27)17-4-3-16(20)14-21-17/h3-4,13-14H,5-12H2,1-2H3. The van der Waals surface area contributed by atoms with E-state index in [9.17, 15) is 4.39 Å². The summed E-state index contributed by atoms with van der Waals surface area (Å²) in [6.07, 6.45) is 1.27. The number of hydrogen-bond donors (Lipinski definition) is 0. The summed E-state index contributed by atoms with van der Waals surface area (Å²) in [5, 5.41) is 0. The average molecular weight is 371 g/mol. The van der Waals surface area contributed by atoms with Gasteiger partial charge in [0, 0.05) is 64.1 Å². The van der Waals surface area contributed by atoms with Gasteiger partial charge in [-0.3, -0.25) is 0 Å². The van der Waals surface area contributed by atoms with Crippen molar-refractivity contribution in [2.24, 2.45) is 0 Å². The number of nitrogens with zero attached hydrogens (tertiary/aromatic N) is 7. The van der Waals surface area contributed by atoms with Gasteiger partial charge in [0.2, 0.25) is 5.95 Å². The predicted octanol–water partition coefficient (Wildman–Crippen LogP) is 1.40. The lowest BCUT2D eigenvalue weighted by molar-refractivity contribution is 0.312. The molecule has 2 saturated heterocycles. The van der Waals surface area contributed by atoms with Crippen LogP contribution >= 0.6 is 0 Å². The van der Waals surface area contributed by atoms with Crippen LogP contribution in [0.2, 0.25) is 0 Å². The van der Waals surface area contributed by atoms with Crippen molar-refractivity contribution in [1.82, 2.24) is 19.9 Å². The number of hydrogen-bond acceptors (Lipinski definition) is 7. The molecule has 0 spiro atoms. The molecule has 0 aromatic carbocycles. The lowest BCUT2D eigenvalue weighted by atomic mass is 10.3. The van der Waals surface area contributed by atoms with Gasteiger partial charge >= 0.3 is 0 Å². The molecule has 0 N–H and O–H groups in total. The highest BCUT2D eigenvalue weighted by Crippen LogP contribution is 2.21. The molecule has 2 fully saturated rings. The monoisotopic (exact) mass is 371 g/mol. The lowest BCUT2D eigenvalue weighted by Gasteiger charge is -2.36. The summed E-state index contributed by atoms with van der Waals surface area (Å²) >= 11 is 0. The zero-order chi connectivity index (χ0) is 18.8. The second kappa shape index (κ2) is 7.64. The highest BCUT2D eigenvalue weighted by atomic mass is 19.1. The van der Waals surface area contributed by atoms with Gasteiger partial charge < -0.3 is 19.6 Å². The third-order valence-corrected chi connectivity index (χ3v) is 5.25. The minimum absolute atomic E-state index is 0.304. The van der Waals surface area contributed by atoms with E-state index in [4.69, 9.17) is 4.98 Å². The molecule has 0 saturated carbocycles. The number of halogens is 1. The molecule has 0 unspecified atom stereocenters. The van der Waals surface area contributed by atoms with Crippen LogP contribution in [0, 0.1) is 12.7 Å². The molecule has 4 rings (SSSR count). The Morgan fingerprint density at radius 1 is 0.815 bits per heavy atom. The quantitative estimate of drug-likeness (QED) is 0.808. The van der Waals surface area contributed by atoms with E-state index in [0.717, 1.165) is 75.6 Å². The van der Waals surface area contributed by atoms with Crippen LogP contribution in [0.1, 0.15) is 5.69 Å². The number of piperazine rings is 2. The Balaban J connectivity index is 1.44. The topological polar surface area (TPSA) is 51.6 Å². The van der Waals surface area contributed by atoms with E-state index in [-0.39, 0.29) is 5.82 Å². The van der Waals surface area contributed by atoms with Gasteiger partial charge in [-0.1, -0.05) is 0 Å². The van der Waals surface area contributed by atoms with Gasteiger partial charge in [-0.05, 0) is 26.1 Å². The van der Waals surface area contributed by atoms with Gasteiger partial charge in [0.25, 0.3) is 0 Å². The van der Waals surface area contributed by atoms with Crippen molar-refractivity contribution in [3.63, 3.8) is 0 Å². The third-order valence-electron chi connectivity index (χ3n) is 5.25. The number of aryl methyl sites for hydroxylation is 1. The van der Waals surface area contributed by atoms with E-state index >= 15 is 0 Å². The molecule has 4 heterocycles. The first-order valence-corrected chi connectivity index (χ1v) is 9.49. The Kier molecular flexibility index (Phi) is 5.07. The molecule has 2 aromatic heterocycles. The average Bonchev–Trinajstić information content (AvgIpc) is 2.69. The first-order valence-electron chi connectivity index (χ1n) is 9.49. The summed E-state index contributed by atoms with van der Waals surface area (Å²) < 4.78 is 13.1. The number of rotatable bonds is 3. The number of anilines is 3. The van der Waals surface area contributed by atoms with Crippen molar-refractivity contribution in [1.29, 1.82) is 0 Å². The Labute approximate surface area is 159 Å². The van der Waals surface area contributed by atoms with Crippen LogP contribution in [0.3, 0.4) is 0 Å². The molecular weight excluding hydrogens is 345 g/mol. The van der Waals surface area contributed by atoms with Crippen molar-refractivity contribution in [2.45, 2.75) is 6.92 Å². The summed E-state index contributed by atoms with van der Waals surface area (Å²) in [6.45, 7) is 9.43. The SMILES string of the molecule is Cc1cc(N2CCN(C)CC2)nc(N2CCN(c3ccc(F)cn3)CC2)n1. The van der Waals surface area contributed by atoms with Gasteiger partial charge in [-0.15, -0.1) is 0 Å². The fraction of sp³-hybridized carbons (Fsp3) is 0.526.